The summed E-state index contributed by atoms with van der Waals surface area (Å²) in [6, 6.07) is 6.80. The first-order valence-electron chi connectivity index (χ1n) is 5.55. The van der Waals surface area contributed by atoms with E-state index in [0.29, 0.717) is 11.8 Å². The second-order valence-electron chi connectivity index (χ2n) is 3.87. The van der Waals surface area contributed by atoms with Gasteiger partial charge in [0.25, 0.3) is 0 Å². The molecule has 6 nitrogen and oxygen atoms in total. The zero-order valence-electron chi connectivity index (χ0n) is 10.1. The van der Waals surface area contributed by atoms with Gasteiger partial charge in [-0.05, 0) is 19.1 Å². The van der Waals surface area contributed by atoms with E-state index >= 15 is 0 Å². The van der Waals surface area contributed by atoms with Crippen LogP contribution < -0.4 is 10.6 Å². The van der Waals surface area contributed by atoms with Gasteiger partial charge in [0.2, 0.25) is 5.95 Å². The van der Waals surface area contributed by atoms with Gasteiger partial charge in [-0.2, -0.15) is 4.98 Å². The molecule has 0 amide bonds. The van der Waals surface area contributed by atoms with E-state index in [1.165, 1.54) is 0 Å². The first-order valence-corrected chi connectivity index (χ1v) is 5.55. The van der Waals surface area contributed by atoms with E-state index in [1.807, 2.05) is 24.3 Å². The van der Waals surface area contributed by atoms with E-state index in [0.717, 1.165) is 10.9 Å². The number of aliphatic carboxylic acids is 1. The molecule has 18 heavy (non-hydrogen) atoms. The molecule has 2 aromatic rings. The second-order valence-corrected chi connectivity index (χ2v) is 3.87. The number of hydrogen-bond donors (Lipinski definition) is 3. The summed E-state index contributed by atoms with van der Waals surface area (Å²) in [4.78, 5) is 19.3. The van der Waals surface area contributed by atoms with Crippen molar-refractivity contribution in [2.45, 2.75) is 13.0 Å². The van der Waals surface area contributed by atoms with Crippen LogP contribution in [-0.4, -0.2) is 34.1 Å². The van der Waals surface area contributed by atoms with E-state index in [1.54, 1.807) is 14.0 Å². The SMILES string of the molecule is CNc1nc(NC(C)C(=O)O)nc2ccccc12. The molecule has 0 bridgehead atoms. The number of hydrogen-bond acceptors (Lipinski definition) is 5. The van der Waals surface area contributed by atoms with Crippen molar-refractivity contribution in [3.63, 3.8) is 0 Å². The molecule has 0 saturated carbocycles. The summed E-state index contributed by atoms with van der Waals surface area (Å²) in [7, 11) is 1.76. The Bertz CT molecular complexity index is 585. The number of carboxylic acids is 1. The smallest absolute Gasteiger partial charge is 0.325 e. The third-order valence-electron chi connectivity index (χ3n) is 2.56. The zero-order chi connectivity index (χ0) is 13.1. The minimum absolute atomic E-state index is 0.299. The first-order chi connectivity index (χ1) is 8.61. The molecular weight excluding hydrogens is 232 g/mol. The zero-order valence-corrected chi connectivity index (χ0v) is 10.1. The van der Waals surface area contributed by atoms with E-state index in [9.17, 15) is 4.79 Å². The van der Waals surface area contributed by atoms with Gasteiger partial charge in [-0.3, -0.25) is 4.79 Å². The lowest BCUT2D eigenvalue weighted by molar-refractivity contribution is -0.137. The van der Waals surface area contributed by atoms with Crippen molar-refractivity contribution in [2.24, 2.45) is 0 Å². The summed E-state index contributed by atoms with van der Waals surface area (Å²) in [5.74, 6) is 0.0198. The third-order valence-corrected chi connectivity index (χ3v) is 2.56. The Balaban J connectivity index is 2.44. The van der Waals surface area contributed by atoms with Gasteiger partial charge in [-0.15, -0.1) is 0 Å². The van der Waals surface area contributed by atoms with Crippen LogP contribution in [0, 0.1) is 0 Å². The average molecular weight is 246 g/mol. The lowest BCUT2D eigenvalue weighted by Gasteiger charge is -2.11. The fourth-order valence-corrected chi connectivity index (χ4v) is 1.59. The molecule has 2 rings (SSSR count). The number of benzene rings is 1. The minimum Gasteiger partial charge on any atom is -0.480 e. The highest BCUT2D eigenvalue weighted by Crippen LogP contribution is 2.21. The molecule has 0 aliphatic heterocycles. The van der Waals surface area contributed by atoms with Crippen LogP contribution >= 0.6 is 0 Å². The normalized spacial score (nSPS) is 12.1. The summed E-state index contributed by atoms with van der Waals surface area (Å²) in [6.07, 6.45) is 0. The van der Waals surface area contributed by atoms with Gasteiger partial charge in [-0.1, -0.05) is 12.1 Å². The highest BCUT2D eigenvalue weighted by molar-refractivity contribution is 5.90. The van der Waals surface area contributed by atoms with Crippen molar-refractivity contribution in [1.29, 1.82) is 0 Å². The highest BCUT2D eigenvalue weighted by atomic mass is 16.4. The Morgan fingerprint density at radius 2 is 2.06 bits per heavy atom. The van der Waals surface area contributed by atoms with Gasteiger partial charge in [0.05, 0.1) is 5.52 Å². The molecule has 0 aliphatic carbocycles. The first kappa shape index (κ1) is 12.1. The van der Waals surface area contributed by atoms with Crippen molar-refractivity contribution in [1.82, 2.24) is 9.97 Å². The van der Waals surface area contributed by atoms with Gasteiger partial charge in [0.1, 0.15) is 11.9 Å². The number of para-hydroxylation sites is 1. The second kappa shape index (κ2) is 4.87. The molecule has 0 saturated heterocycles. The number of nitrogens with zero attached hydrogens (tertiary/aromatic N) is 2. The van der Waals surface area contributed by atoms with Crippen molar-refractivity contribution < 1.29 is 9.90 Å². The van der Waals surface area contributed by atoms with Crippen LogP contribution in [0.1, 0.15) is 6.92 Å². The summed E-state index contributed by atoms with van der Waals surface area (Å²) in [6.45, 7) is 1.54. The Kier molecular flexibility index (Phi) is 3.27. The summed E-state index contributed by atoms with van der Waals surface area (Å²) < 4.78 is 0. The highest BCUT2D eigenvalue weighted by Gasteiger charge is 2.13. The van der Waals surface area contributed by atoms with Gasteiger partial charge >= 0.3 is 5.97 Å². The molecule has 0 aliphatic rings. The molecule has 1 unspecified atom stereocenters. The Hall–Kier alpha value is -2.37. The van der Waals surface area contributed by atoms with Crippen LogP contribution in [-0.2, 0) is 4.79 Å². The number of carboxylic acid groups (broad SMARTS) is 1. The summed E-state index contributed by atoms with van der Waals surface area (Å²) in [5.41, 5.74) is 0.761. The van der Waals surface area contributed by atoms with Crippen molar-refractivity contribution in [2.75, 3.05) is 17.7 Å². The number of anilines is 2. The van der Waals surface area contributed by atoms with E-state index < -0.39 is 12.0 Å². The van der Waals surface area contributed by atoms with Crippen molar-refractivity contribution >= 4 is 28.6 Å². The predicted molar refractivity (Wildman–Crippen MR) is 69.8 cm³/mol. The molecule has 1 atom stereocenters. The molecule has 3 N–H and O–H groups in total. The maximum absolute atomic E-state index is 10.8. The van der Waals surface area contributed by atoms with Crippen LogP contribution in [0.15, 0.2) is 24.3 Å². The van der Waals surface area contributed by atoms with Gasteiger partial charge < -0.3 is 15.7 Å². The number of fused-ring (bicyclic) bond motifs is 1. The molecule has 1 aromatic heterocycles. The summed E-state index contributed by atoms with van der Waals surface area (Å²) >= 11 is 0. The van der Waals surface area contributed by atoms with Gasteiger partial charge in [0.15, 0.2) is 0 Å². The summed E-state index contributed by atoms with van der Waals surface area (Å²) in [5, 5.41) is 15.5. The molecule has 0 radical (unpaired) electrons. The lowest BCUT2D eigenvalue weighted by atomic mass is 10.2. The monoisotopic (exact) mass is 246 g/mol. The molecule has 94 valence electrons. The van der Waals surface area contributed by atoms with Crippen LogP contribution in [0.2, 0.25) is 0 Å². The largest absolute Gasteiger partial charge is 0.480 e. The van der Waals surface area contributed by atoms with Crippen LogP contribution in [0.3, 0.4) is 0 Å². The lowest BCUT2D eigenvalue weighted by Crippen LogP contribution is -2.26. The molecule has 0 fully saturated rings. The predicted octanol–water partition coefficient (Wildman–Crippen LogP) is 1.56. The minimum atomic E-state index is -0.947. The van der Waals surface area contributed by atoms with Crippen LogP contribution in [0.4, 0.5) is 11.8 Å². The van der Waals surface area contributed by atoms with Crippen molar-refractivity contribution in [3.8, 4) is 0 Å². The number of carbonyl (C=O) groups is 1. The maximum Gasteiger partial charge on any atom is 0.325 e. The van der Waals surface area contributed by atoms with E-state index in [4.69, 9.17) is 5.11 Å². The van der Waals surface area contributed by atoms with Gasteiger partial charge in [-0.25, -0.2) is 4.98 Å². The quantitative estimate of drug-likeness (QED) is 0.758. The van der Waals surface area contributed by atoms with Crippen LogP contribution in [0.25, 0.3) is 10.9 Å². The molecular formula is C12H14N4O2. The Labute approximate surface area is 104 Å². The Morgan fingerprint density at radius 3 is 2.72 bits per heavy atom. The van der Waals surface area contributed by atoms with E-state index in [2.05, 4.69) is 20.6 Å². The molecule has 1 aromatic carbocycles. The third kappa shape index (κ3) is 2.32. The topological polar surface area (TPSA) is 87.1 Å². The van der Waals surface area contributed by atoms with Gasteiger partial charge in [0, 0.05) is 12.4 Å². The number of nitrogens with one attached hydrogen (secondary N) is 2. The molecule has 1 heterocycles. The maximum atomic E-state index is 10.8. The molecule has 0 spiro atoms. The fraction of sp³-hybridized carbons (Fsp3) is 0.250. The van der Waals surface area contributed by atoms with E-state index in [-0.39, 0.29) is 0 Å². The van der Waals surface area contributed by atoms with Crippen molar-refractivity contribution in [3.05, 3.63) is 24.3 Å². The fourth-order valence-electron chi connectivity index (χ4n) is 1.59. The standard InChI is InChI=1S/C12H14N4O2/c1-7(11(17)18)14-12-15-9-6-4-3-5-8(9)10(13-2)16-12/h3-7H,1-2H3,(H,17,18)(H2,13,14,15,16). The number of rotatable bonds is 4. The average Bonchev–Trinajstić information content (AvgIpc) is 2.37. The molecule has 6 heteroatoms. The van der Waals surface area contributed by atoms with Crippen LogP contribution in [0.5, 0.6) is 0 Å². The Morgan fingerprint density at radius 1 is 1.33 bits per heavy atom. The number of aromatic nitrogens is 2.